The summed E-state index contributed by atoms with van der Waals surface area (Å²) in [6.45, 7) is 2.94. The van der Waals surface area contributed by atoms with Crippen LogP contribution < -0.4 is 4.74 Å². The second kappa shape index (κ2) is 11.3. The number of esters is 1. The highest BCUT2D eigenvalue weighted by Crippen LogP contribution is 2.33. The Morgan fingerprint density at radius 3 is 2.74 bits per heavy atom. The van der Waals surface area contributed by atoms with Crippen molar-refractivity contribution in [2.45, 2.75) is 26.4 Å². The van der Waals surface area contributed by atoms with E-state index in [1.165, 1.54) is 16.7 Å². The monoisotopic (exact) mass is 475 g/mol. The van der Waals surface area contributed by atoms with Crippen LogP contribution in [0.3, 0.4) is 0 Å². The minimum absolute atomic E-state index is 0.119. The van der Waals surface area contributed by atoms with Crippen LogP contribution in [-0.4, -0.2) is 34.2 Å². The lowest BCUT2D eigenvalue weighted by Crippen LogP contribution is -2.30. The van der Waals surface area contributed by atoms with Crippen LogP contribution >= 0.6 is 35.6 Å². The van der Waals surface area contributed by atoms with Gasteiger partial charge in [0, 0.05) is 11.6 Å². The predicted octanol–water partition coefficient (Wildman–Crippen LogP) is 5.46. The number of halogens is 1. The van der Waals surface area contributed by atoms with E-state index in [1.54, 1.807) is 6.08 Å². The Labute approximate surface area is 196 Å². The molecule has 0 bridgehead atoms. The molecule has 5 nitrogen and oxygen atoms in total. The van der Waals surface area contributed by atoms with Crippen molar-refractivity contribution in [3.05, 3.63) is 69.6 Å². The van der Waals surface area contributed by atoms with Crippen molar-refractivity contribution in [3.8, 4) is 5.75 Å². The fraction of sp³-hybridized carbons (Fsp3) is 0.261. The lowest BCUT2D eigenvalue weighted by molar-refractivity contribution is -0.143. The molecule has 0 spiro atoms. The first-order chi connectivity index (χ1) is 15.0. The molecule has 162 valence electrons. The van der Waals surface area contributed by atoms with E-state index in [1.807, 2.05) is 55.5 Å². The van der Waals surface area contributed by atoms with Crippen LogP contribution in [0.25, 0.3) is 6.08 Å². The maximum atomic E-state index is 12.7. The van der Waals surface area contributed by atoms with Crippen molar-refractivity contribution in [1.29, 1.82) is 0 Å². The topological polar surface area (TPSA) is 55.8 Å². The Hall–Kier alpha value is -2.35. The number of thiocarbonyl (C=S) groups is 1. The Bertz CT molecular complexity index is 991. The molecule has 0 aliphatic carbocycles. The Morgan fingerprint density at radius 1 is 1.23 bits per heavy atom. The number of carbonyl (C=O) groups is 2. The molecule has 0 aromatic heterocycles. The van der Waals surface area contributed by atoms with Crippen LogP contribution in [0.2, 0.25) is 5.02 Å². The average molecular weight is 476 g/mol. The van der Waals surface area contributed by atoms with E-state index in [9.17, 15) is 9.59 Å². The SMILES string of the molecule is CCCOC(=O)CCN1C(=O)/C(=C\c2cccc(OCc3ccc(Cl)cc3)c2)SC1=S. The molecule has 0 radical (unpaired) electrons. The highest BCUT2D eigenvalue weighted by molar-refractivity contribution is 8.26. The first-order valence-corrected chi connectivity index (χ1v) is 11.4. The van der Waals surface area contributed by atoms with Crippen molar-refractivity contribution in [3.63, 3.8) is 0 Å². The van der Waals surface area contributed by atoms with Crippen molar-refractivity contribution >= 4 is 57.9 Å². The maximum Gasteiger partial charge on any atom is 0.307 e. The number of ether oxygens (including phenoxy) is 2. The lowest BCUT2D eigenvalue weighted by atomic mass is 10.2. The first kappa shape index (κ1) is 23.3. The fourth-order valence-electron chi connectivity index (χ4n) is 2.78. The summed E-state index contributed by atoms with van der Waals surface area (Å²) in [4.78, 5) is 26.4. The zero-order valence-corrected chi connectivity index (χ0v) is 19.4. The smallest absolute Gasteiger partial charge is 0.307 e. The van der Waals surface area contributed by atoms with Crippen molar-refractivity contribution in [2.75, 3.05) is 13.2 Å². The van der Waals surface area contributed by atoms with Crippen molar-refractivity contribution in [2.24, 2.45) is 0 Å². The molecule has 2 aromatic carbocycles. The van der Waals surface area contributed by atoms with Crippen LogP contribution in [0.5, 0.6) is 5.75 Å². The van der Waals surface area contributed by atoms with Gasteiger partial charge in [-0.2, -0.15) is 0 Å². The Kier molecular flexibility index (Phi) is 8.51. The summed E-state index contributed by atoms with van der Waals surface area (Å²) in [7, 11) is 0. The van der Waals surface area contributed by atoms with E-state index in [2.05, 4.69) is 0 Å². The lowest BCUT2D eigenvalue weighted by Gasteiger charge is -2.13. The van der Waals surface area contributed by atoms with E-state index in [0.29, 0.717) is 33.2 Å². The second-order valence-corrected chi connectivity index (χ2v) is 8.90. The molecule has 8 heteroatoms. The van der Waals surface area contributed by atoms with Crippen LogP contribution in [0, 0.1) is 0 Å². The number of carbonyl (C=O) groups excluding carboxylic acids is 2. The summed E-state index contributed by atoms with van der Waals surface area (Å²) in [6.07, 6.45) is 2.66. The molecule has 0 atom stereocenters. The highest BCUT2D eigenvalue weighted by atomic mass is 35.5. The average Bonchev–Trinajstić information content (AvgIpc) is 3.03. The third kappa shape index (κ3) is 6.82. The normalized spacial score (nSPS) is 14.9. The van der Waals surface area contributed by atoms with Gasteiger partial charge in [0.25, 0.3) is 5.91 Å². The number of hydrogen-bond acceptors (Lipinski definition) is 6. The molecule has 1 aliphatic rings. The van der Waals surface area contributed by atoms with E-state index >= 15 is 0 Å². The number of rotatable bonds is 9. The summed E-state index contributed by atoms with van der Waals surface area (Å²) in [5, 5.41) is 0.681. The van der Waals surface area contributed by atoms with Gasteiger partial charge in [-0.1, -0.05) is 66.8 Å². The molecule has 1 aliphatic heterocycles. The summed E-state index contributed by atoms with van der Waals surface area (Å²) >= 11 is 12.5. The van der Waals surface area contributed by atoms with Crippen molar-refractivity contribution < 1.29 is 19.1 Å². The van der Waals surface area contributed by atoms with Gasteiger partial charge in [0.15, 0.2) is 0 Å². The Morgan fingerprint density at radius 2 is 2.00 bits per heavy atom. The van der Waals surface area contributed by atoms with Gasteiger partial charge in [-0.3, -0.25) is 14.5 Å². The van der Waals surface area contributed by atoms with Crippen LogP contribution in [0.1, 0.15) is 30.9 Å². The molecule has 0 unspecified atom stereocenters. The molecule has 1 amide bonds. The molecule has 1 fully saturated rings. The quantitative estimate of drug-likeness (QED) is 0.272. The molecule has 1 heterocycles. The molecular formula is C23H22ClNO4S2. The number of benzene rings is 2. The zero-order chi connectivity index (χ0) is 22.2. The van der Waals surface area contributed by atoms with Gasteiger partial charge in [0.2, 0.25) is 0 Å². The Balaban J connectivity index is 1.61. The van der Waals surface area contributed by atoms with E-state index < -0.39 is 0 Å². The molecule has 2 aromatic rings. The number of thioether (sulfide) groups is 1. The predicted molar refractivity (Wildman–Crippen MR) is 128 cm³/mol. The zero-order valence-electron chi connectivity index (χ0n) is 17.0. The van der Waals surface area contributed by atoms with E-state index in [-0.39, 0.29) is 24.8 Å². The number of nitrogens with zero attached hydrogens (tertiary/aromatic N) is 1. The number of amides is 1. The van der Waals surface area contributed by atoms with Gasteiger partial charge >= 0.3 is 5.97 Å². The first-order valence-electron chi connectivity index (χ1n) is 9.84. The summed E-state index contributed by atoms with van der Waals surface area (Å²) in [6, 6.07) is 15.0. The molecule has 3 rings (SSSR count). The van der Waals surface area contributed by atoms with Gasteiger partial charge < -0.3 is 9.47 Å². The van der Waals surface area contributed by atoms with Gasteiger partial charge in [-0.25, -0.2) is 0 Å². The van der Waals surface area contributed by atoms with Gasteiger partial charge in [0.05, 0.1) is 17.9 Å². The molecule has 0 N–H and O–H groups in total. The van der Waals surface area contributed by atoms with Gasteiger partial charge in [0.1, 0.15) is 16.7 Å². The number of hydrogen-bond donors (Lipinski definition) is 0. The van der Waals surface area contributed by atoms with E-state index in [0.717, 1.165) is 17.5 Å². The third-order valence-electron chi connectivity index (χ3n) is 4.35. The highest BCUT2D eigenvalue weighted by Gasteiger charge is 2.32. The van der Waals surface area contributed by atoms with Gasteiger partial charge in [-0.15, -0.1) is 0 Å². The second-order valence-electron chi connectivity index (χ2n) is 6.79. The summed E-state index contributed by atoms with van der Waals surface area (Å²) in [5.41, 5.74) is 1.84. The largest absolute Gasteiger partial charge is 0.489 e. The minimum atomic E-state index is -0.328. The molecule has 31 heavy (non-hydrogen) atoms. The molecule has 1 saturated heterocycles. The van der Waals surface area contributed by atoms with Crippen LogP contribution in [0.4, 0.5) is 0 Å². The minimum Gasteiger partial charge on any atom is -0.489 e. The molecule has 0 saturated carbocycles. The van der Waals surface area contributed by atoms with Crippen LogP contribution in [0.15, 0.2) is 53.4 Å². The van der Waals surface area contributed by atoms with E-state index in [4.69, 9.17) is 33.3 Å². The molecular weight excluding hydrogens is 454 g/mol. The summed E-state index contributed by atoms with van der Waals surface area (Å²) in [5.74, 6) is 0.161. The van der Waals surface area contributed by atoms with Gasteiger partial charge in [-0.05, 0) is 47.9 Å². The fourth-order valence-corrected chi connectivity index (χ4v) is 4.21. The van der Waals surface area contributed by atoms with Crippen LogP contribution in [-0.2, 0) is 20.9 Å². The maximum absolute atomic E-state index is 12.7. The summed E-state index contributed by atoms with van der Waals surface area (Å²) < 4.78 is 11.3. The third-order valence-corrected chi connectivity index (χ3v) is 5.98. The standard InChI is InChI=1S/C23H22ClNO4S2/c1-2-12-28-21(26)10-11-25-22(27)20(31-23(25)30)14-17-4-3-5-19(13-17)29-15-16-6-8-18(24)9-7-16/h3-9,13-14H,2,10-12,15H2,1H3/b20-14+. The van der Waals surface area contributed by atoms with Crippen molar-refractivity contribution in [1.82, 2.24) is 4.90 Å².